The SMILES string of the molecule is COc1cc([N+](=O)[O-])ccc1Oc1cccc(Br)n1. The molecule has 1 aromatic carbocycles. The van der Waals surface area contributed by atoms with Crippen LogP contribution in [0, 0.1) is 10.1 Å². The number of rotatable bonds is 4. The van der Waals surface area contributed by atoms with E-state index in [2.05, 4.69) is 20.9 Å². The van der Waals surface area contributed by atoms with E-state index in [9.17, 15) is 10.1 Å². The number of non-ortho nitro benzene ring substituents is 1. The predicted molar refractivity (Wildman–Crippen MR) is 71.7 cm³/mol. The number of ether oxygens (including phenoxy) is 2. The number of methoxy groups -OCH3 is 1. The summed E-state index contributed by atoms with van der Waals surface area (Å²) >= 11 is 3.23. The molecule has 6 nitrogen and oxygen atoms in total. The molecule has 0 spiro atoms. The molecule has 1 aromatic heterocycles. The number of hydrogen-bond donors (Lipinski definition) is 0. The van der Waals surface area contributed by atoms with Crippen LogP contribution in [0.4, 0.5) is 5.69 Å². The Labute approximate surface area is 117 Å². The van der Waals surface area contributed by atoms with E-state index in [0.29, 0.717) is 16.2 Å². The quantitative estimate of drug-likeness (QED) is 0.488. The monoisotopic (exact) mass is 324 g/mol. The lowest BCUT2D eigenvalue weighted by Crippen LogP contribution is -1.94. The number of hydrogen-bond acceptors (Lipinski definition) is 5. The van der Waals surface area contributed by atoms with Crippen LogP contribution in [0.25, 0.3) is 0 Å². The highest BCUT2D eigenvalue weighted by Gasteiger charge is 2.13. The second-order valence-corrected chi connectivity index (χ2v) is 4.31. The largest absolute Gasteiger partial charge is 0.493 e. The molecule has 7 heteroatoms. The number of benzene rings is 1. The Kier molecular flexibility index (Phi) is 3.96. The van der Waals surface area contributed by atoms with Crippen molar-refractivity contribution >= 4 is 21.6 Å². The molecule has 0 saturated heterocycles. The van der Waals surface area contributed by atoms with Gasteiger partial charge in [-0.15, -0.1) is 0 Å². The van der Waals surface area contributed by atoms with Crippen LogP contribution in [-0.4, -0.2) is 17.0 Å². The molecule has 0 unspecified atom stereocenters. The van der Waals surface area contributed by atoms with Crippen molar-refractivity contribution in [3.8, 4) is 17.4 Å². The van der Waals surface area contributed by atoms with Gasteiger partial charge < -0.3 is 9.47 Å². The molecule has 0 N–H and O–H groups in total. The Bertz CT molecular complexity index is 618. The maximum absolute atomic E-state index is 10.7. The van der Waals surface area contributed by atoms with Crippen molar-refractivity contribution in [3.63, 3.8) is 0 Å². The highest BCUT2D eigenvalue weighted by Crippen LogP contribution is 2.34. The molecular weight excluding hydrogens is 316 g/mol. The molecule has 19 heavy (non-hydrogen) atoms. The van der Waals surface area contributed by atoms with Crippen molar-refractivity contribution in [2.75, 3.05) is 7.11 Å². The fourth-order valence-electron chi connectivity index (χ4n) is 1.41. The van der Waals surface area contributed by atoms with Crippen LogP contribution in [0.2, 0.25) is 0 Å². The van der Waals surface area contributed by atoms with Gasteiger partial charge in [0.05, 0.1) is 18.1 Å². The number of pyridine rings is 1. The van der Waals surface area contributed by atoms with Crippen molar-refractivity contribution in [3.05, 3.63) is 51.1 Å². The number of nitrogens with zero attached hydrogens (tertiary/aromatic N) is 2. The normalized spacial score (nSPS) is 10.0. The van der Waals surface area contributed by atoms with Crippen LogP contribution in [-0.2, 0) is 0 Å². The van der Waals surface area contributed by atoms with Crippen molar-refractivity contribution in [2.24, 2.45) is 0 Å². The molecule has 2 aromatic rings. The third-order valence-corrected chi connectivity index (χ3v) is 2.70. The van der Waals surface area contributed by atoms with E-state index in [1.807, 2.05) is 0 Å². The Morgan fingerprint density at radius 1 is 1.26 bits per heavy atom. The first-order chi connectivity index (χ1) is 9.10. The Hall–Kier alpha value is -2.15. The van der Waals surface area contributed by atoms with Gasteiger partial charge in [0, 0.05) is 12.1 Å². The summed E-state index contributed by atoms with van der Waals surface area (Å²) in [5, 5.41) is 10.7. The minimum absolute atomic E-state index is 0.0635. The summed E-state index contributed by atoms with van der Waals surface area (Å²) in [5.74, 6) is 0.996. The second-order valence-electron chi connectivity index (χ2n) is 3.49. The van der Waals surface area contributed by atoms with E-state index in [-0.39, 0.29) is 11.4 Å². The van der Waals surface area contributed by atoms with Crippen LogP contribution < -0.4 is 9.47 Å². The zero-order chi connectivity index (χ0) is 13.8. The van der Waals surface area contributed by atoms with Crippen LogP contribution in [0.15, 0.2) is 41.0 Å². The fraction of sp³-hybridized carbons (Fsp3) is 0.0833. The lowest BCUT2D eigenvalue weighted by atomic mass is 10.3. The van der Waals surface area contributed by atoms with Crippen molar-refractivity contribution < 1.29 is 14.4 Å². The summed E-state index contributed by atoms with van der Waals surface area (Å²) in [6.45, 7) is 0. The molecule has 0 aliphatic heterocycles. The number of halogens is 1. The first kappa shape index (κ1) is 13.3. The topological polar surface area (TPSA) is 74.5 Å². The standard InChI is InChI=1S/C12H9BrN2O4/c1-18-10-7-8(15(16)17)5-6-9(10)19-12-4-2-3-11(13)14-12/h2-7H,1H3. The second kappa shape index (κ2) is 5.66. The molecule has 0 aliphatic rings. The Balaban J connectivity index is 2.32. The van der Waals surface area contributed by atoms with Crippen molar-refractivity contribution in [1.82, 2.24) is 4.98 Å². The van der Waals surface area contributed by atoms with E-state index < -0.39 is 4.92 Å². The van der Waals surface area contributed by atoms with E-state index in [0.717, 1.165) is 0 Å². The van der Waals surface area contributed by atoms with Crippen molar-refractivity contribution in [1.29, 1.82) is 0 Å². The van der Waals surface area contributed by atoms with Gasteiger partial charge in [0.1, 0.15) is 4.60 Å². The third kappa shape index (κ3) is 3.19. The van der Waals surface area contributed by atoms with Gasteiger partial charge in [-0.05, 0) is 28.1 Å². The lowest BCUT2D eigenvalue weighted by molar-refractivity contribution is -0.384. The minimum Gasteiger partial charge on any atom is -0.493 e. The molecule has 98 valence electrons. The van der Waals surface area contributed by atoms with Crippen LogP contribution in [0.1, 0.15) is 0 Å². The Morgan fingerprint density at radius 3 is 2.68 bits per heavy atom. The van der Waals surface area contributed by atoms with E-state index in [4.69, 9.17) is 9.47 Å². The van der Waals surface area contributed by atoms with Gasteiger partial charge in [-0.3, -0.25) is 10.1 Å². The maximum atomic E-state index is 10.7. The summed E-state index contributed by atoms with van der Waals surface area (Å²) in [4.78, 5) is 14.3. The first-order valence-corrected chi connectivity index (χ1v) is 6.02. The van der Waals surface area contributed by atoms with Crippen LogP contribution in [0.3, 0.4) is 0 Å². The maximum Gasteiger partial charge on any atom is 0.273 e. The zero-order valence-corrected chi connectivity index (χ0v) is 11.5. The van der Waals surface area contributed by atoms with E-state index in [1.165, 1.54) is 25.3 Å². The molecule has 1 heterocycles. The van der Waals surface area contributed by atoms with Gasteiger partial charge in [0.15, 0.2) is 11.5 Å². The molecule has 0 bridgehead atoms. The van der Waals surface area contributed by atoms with E-state index in [1.54, 1.807) is 18.2 Å². The fourth-order valence-corrected chi connectivity index (χ4v) is 1.74. The molecule has 0 fully saturated rings. The number of aromatic nitrogens is 1. The van der Waals surface area contributed by atoms with Gasteiger partial charge in [0.25, 0.3) is 5.69 Å². The summed E-state index contributed by atoms with van der Waals surface area (Å²) in [6, 6.07) is 9.32. The Morgan fingerprint density at radius 2 is 2.05 bits per heavy atom. The minimum atomic E-state index is -0.496. The molecule has 0 saturated carbocycles. The predicted octanol–water partition coefficient (Wildman–Crippen LogP) is 3.55. The first-order valence-electron chi connectivity index (χ1n) is 5.23. The van der Waals surface area contributed by atoms with Gasteiger partial charge in [-0.25, -0.2) is 4.98 Å². The molecule has 0 amide bonds. The van der Waals surface area contributed by atoms with E-state index >= 15 is 0 Å². The number of nitro benzene ring substituents is 1. The molecule has 0 atom stereocenters. The highest BCUT2D eigenvalue weighted by molar-refractivity contribution is 9.10. The molecule has 2 rings (SSSR count). The van der Waals surface area contributed by atoms with Crippen LogP contribution in [0.5, 0.6) is 17.4 Å². The zero-order valence-electron chi connectivity index (χ0n) is 9.87. The highest BCUT2D eigenvalue weighted by atomic mass is 79.9. The summed E-state index contributed by atoms with van der Waals surface area (Å²) in [6.07, 6.45) is 0. The van der Waals surface area contributed by atoms with Gasteiger partial charge >= 0.3 is 0 Å². The molecule has 0 radical (unpaired) electrons. The summed E-state index contributed by atoms with van der Waals surface area (Å²) in [7, 11) is 1.42. The molecular formula is C12H9BrN2O4. The third-order valence-electron chi connectivity index (χ3n) is 2.26. The smallest absolute Gasteiger partial charge is 0.273 e. The van der Waals surface area contributed by atoms with Crippen molar-refractivity contribution in [2.45, 2.75) is 0 Å². The average Bonchev–Trinajstić information content (AvgIpc) is 2.39. The van der Waals surface area contributed by atoms with Gasteiger partial charge in [-0.1, -0.05) is 6.07 Å². The summed E-state index contributed by atoms with van der Waals surface area (Å²) < 4.78 is 11.2. The number of nitro groups is 1. The molecule has 0 aliphatic carbocycles. The average molecular weight is 325 g/mol. The van der Waals surface area contributed by atoms with Gasteiger partial charge in [-0.2, -0.15) is 0 Å². The van der Waals surface area contributed by atoms with Gasteiger partial charge in [0.2, 0.25) is 5.88 Å². The summed E-state index contributed by atoms with van der Waals surface area (Å²) in [5.41, 5.74) is -0.0635. The lowest BCUT2D eigenvalue weighted by Gasteiger charge is -2.09. The van der Waals surface area contributed by atoms with Crippen LogP contribution >= 0.6 is 15.9 Å².